The van der Waals surface area contributed by atoms with Gasteiger partial charge in [0.2, 0.25) is 0 Å². The Morgan fingerprint density at radius 2 is 0.480 bits per heavy atom. The summed E-state index contributed by atoms with van der Waals surface area (Å²) in [5.41, 5.74) is 0. The average Bonchev–Trinajstić information content (AvgIpc) is 0.912. The molecule has 594 valence electrons. The van der Waals surface area contributed by atoms with Gasteiger partial charge in [-0.2, -0.15) is 0 Å². The number of aliphatic hydroxyl groups is 1. The predicted octanol–water partition coefficient (Wildman–Crippen LogP) is 24.0. The Balaban J connectivity index is 5.16. The number of carbonyl (C=O) groups is 4. The lowest BCUT2D eigenvalue weighted by Crippen LogP contribution is -2.30. The van der Waals surface area contributed by atoms with E-state index in [2.05, 4.69) is 55.4 Å². The highest BCUT2D eigenvalue weighted by molar-refractivity contribution is 7.47. The van der Waals surface area contributed by atoms with E-state index in [9.17, 15) is 43.2 Å². The molecule has 0 aliphatic heterocycles. The third-order valence-electron chi connectivity index (χ3n) is 19.5. The van der Waals surface area contributed by atoms with Gasteiger partial charge in [-0.15, -0.1) is 0 Å². The lowest BCUT2D eigenvalue weighted by Gasteiger charge is -2.21. The van der Waals surface area contributed by atoms with Gasteiger partial charge in [0.05, 0.1) is 26.4 Å². The number of unbranched alkanes of at least 4 members (excludes halogenated alkanes) is 42. The maximum Gasteiger partial charge on any atom is 0.472 e. The van der Waals surface area contributed by atoms with E-state index < -0.39 is 97.5 Å². The molecule has 0 aromatic rings. The fourth-order valence-electron chi connectivity index (χ4n) is 12.4. The summed E-state index contributed by atoms with van der Waals surface area (Å²) in [5.74, 6) is 0.992. The Labute approximate surface area is 613 Å². The van der Waals surface area contributed by atoms with Gasteiger partial charge in [-0.25, -0.2) is 9.13 Å². The minimum absolute atomic E-state index is 0.106. The van der Waals surface area contributed by atoms with Crippen molar-refractivity contribution in [2.45, 2.75) is 433 Å². The van der Waals surface area contributed by atoms with Crippen LogP contribution in [-0.2, 0) is 65.4 Å². The van der Waals surface area contributed by atoms with Crippen molar-refractivity contribution in [3.8, 4) is 0 Å². The fourth-order valence-corrected chi connectivity index (χ4v) is 13.9. The maximum absolute atomic E-state index is 13.1. The summed E-state index contributed by atoms with van der Waals surface area (Å²) in [6, 6.07) is 0. The molecule has 0 heterocycles. The van der Waals surface area contributed by atoms with E-state index in [0.29, 0.717) is 31.6 Å². The van der Waals surface area contributed by atoms with Gasteiger partial charge >= 0.3 is 39.5 Å². The molecule has 3 N–H and O–H groups in total. The molecule has 0 aliphatic carbocycles. The first-order valence-corrected chi connectivity index (χ1v) is 44.8. The molecule has 0 amide bonds. The van der Waals surface area contributed by atoms with Crippen LogP contribution in [0.2, 0.25) is 0 Å². The molecule has 0 aromatic carbocycles. The number of rotatable bonds is 78. The summed E-state index contributed by atoms with van der Waals surface area (Å²) >= 11 is 0. The highest BCUT2D eigenvalue weighted by Crippen LogP contribution is 2.45. The Hall–Kier alpha value is -1.94. The molecule has 7 atom stereocenters. The van der Waals surface area contributed by atoms with E-state index in [1.807, 2.05) is 0 Å². The molecule has 17 nitrogen and oxygen atoms in total. The zero-order valence-corrected chi connectivity index (χ0v) is 67.6. The van der Waals surface area contributed by atoms with E-state index in [1.165, 1.54) is 205 Å². The van der Waals surface area contributed by atoms with Crippen molar-refractivity contribution < 1.29 is 80.2 Å². The summed E-state index contributed by atoms with van der Waals surface area (Å²) in [6.07, 6.45) is 57.1. The number of phosphoric ester groups is 2. The number of ether oxygens (including phenoxy) is 4. The first-order chi connectivity index (χ1) is 48.2. The monoisotopic (exact) mass is 1470 g/mol. The van der Waals surface area contributed by atoms with Gasteiger partial charge < -0.3 is 33.8 Å². The molecule has 4 unspecified atom stereocenters. The van der Waals surface area contributed by atoms with Crippen LogP contribution in [0.1, 0.15) is 415 Å². The maximum atomic E-state index is 13.1. The molecule has 0 aliphatic rings. The van der Waals surface area contributed by atoms with Crippen molar-refractivity contribution in [1.29, 1.82) is 0 Å². The van der Waals surface area contributed by atoms with E-state index in [-0.39, 0.29) is 25.7 Å². The van der Waals surface area contributed by atoms with Gasteiger partial charge in [0.1, 0.15) is 19.3 Å². The Kier molecular flexibility index (Phi) is 68.7. The lowest BCUT2D eigenvalue weighted by molar-refractivity contribution is -0.161. The zero-order valence-electron chi connectivity index (χ0n) is 65.8. The predicted molar refractivity (Wildman–Crippen MR) is 409 cm³/mol. The van der Waals surface area contributed by atoms with Crippen molar-refractivity contribution in [3.05, 3.63) is 0 Å². The highest BCUT2D eigenvalue weighted by Gasteiger charge is 2.30. The van der Waals surface area contributed by atoms with E-state index in [4.69, 9.17) is 37.0 Å². The van der Waals surface area contributed by atoms with E-state index in [1.54, 1.807) is 0 Å². The molecular formula is C81H158O17P2. The number of carbonyl (C=O) groups excluding carboxylic acids is 4. The number of aliphatic hydroxyl groups excluding tert-OH is 1. The van der Waals surface area contributed by atoms with Gasteiger partial charge in [-0.1, -0.05) is 364 Å². The molecule has 0 aromatic heterocycles. The third-order valence-corrected chi connectivity index (χ3v) is 21.4. The topological polar surface area (TPSA) is 237 Å². The molecule has 19 heteroatoms. The Bertz CT molecular complexity index is 1960. The number of esters is 4. The van der Waals surface area contributed by atoms with Crippen LogP contribution in [0.25, 0.3) is 0 Å². The molecule has 0 saturated heterocycles. The van der Waals surface area contributed by atoms with Crippen molar-refractivity contribution >= 4 is 39.5 Å². The van der Waals surface area contributed by atoms with Crippen LogP contribution in [-0.4, -0.2) is 96.7 Å². The molecular weight excluding hydrogens is 1310 g/mol. The van der Waals surface area contributed by atoms with Crippen LogP contribution < -0.4 is 0 Å². The first-order valence-electron chi connectivity index (χ1n) is 41.8. The quantitative estimate of drug-likeness (QED) is 0.0222. The van der Waals surface area contributed by atoms with Crippen LogP contribution in [0.4, 0.5) is 0 Å². The van der Waals surface area contributed by atoms with E-state index in [0.717, 1.165) is 120 Å². The Morgan fingerprint density at radius 3 is 0.710 bits per heavy atom. The molecule has 0 radical (unpaired) electrons. The first kappa shape index (κ1) is 98.1. The summed E-state index contributed by atoms with van der Waals surface area (Å²) in [4.78, 5) is 72.9. The number of hydrogen-bond donors (Lipinski definition) is 3. The van der Waals surface area contributed by atoms with Crippen molar-refractivity contribution in [3.63, 3.8) is 0 Å². The van der Waals surface area contributed by atoms with Gasteiger partial charge in [-0.05, 0) is 49.4 Å². The standard InChI is InChI=1S/C81H158O17P2/c1-9-73(7)59-51-43-35-29-25-21-17-13-11-12-14-18-22-26-30-36-47-55-63-80(85)97-76(67-91-78(83)61-53-45-38-32-34-42-50-58-72(5)6)69-95-99(87,88)93-65-75(82)66-94-100(89,90)96-70-77(68-92-79(84)62-54-46-40-39-44-52-60-74(8)10-2)98-81(86)64-56-48-37-31-27-23-19-15-16-20-24-28-33-41-49-57-71(3)4/h71-77,82H,9-70H2,1-8H3,(H,87,88)(H,89,90)/t73?,74?,75-,76-,77-/m1/s1. The highest BCUT2D eigenvalue weighted by atomic mass is 31.2. The van der Waals surface area contributed by atoms with Crippen LogP contribution >= 0.6 is 15.6 Å². The van der Waals surface area contributed by atoms with E-state index >= 15 is 0 Å². The fraction of sp³-hybridized carbons (Fsp3) is 0.951. The van der Waals surface area contributed by atoms with Crippen LogP contribution in [0.15, 0.2) is 0 Å². The second kappa shape index (κ2) is 70.1. The zero-order chi connectivity index (χ0) is 73.8. The summed E-state index contributed by atoms with van der Waals surface area (Å²) in [7, 11) is -9.92. The molecule has 0 fully saturated rings. The number of phosphoric acid groups is 2. The minimum Gasteiger partial charge on any atom is -0.462 e. The normalized spacial score (nSPS) is 14.6. The largest absolute Gasteiger partial charge is 0.472 e. The smallest absolute Gasteiger partial charge is 0.462 e. The van der Waals surface area contributed by atoms with Gasteiger partial charge in [0.15, 0.2) is 12.2 Å². The number of hydrogen-bond acceptors (Lipinski definition) is 15. The summed E-state index contributed by atoms with van der Waals surface area (Å²) in [5, 5.41) is 10.6. The Morgan fingerprint density at radius 1 is 0.280 bits per heavy atom. The molecule has 0 bridgehead atoms. The van der Waals surface area contributed by atoms with Gasteiger partial charge in [-0.3, -0.25) is 37.3 Å². The molecule has 0 rings (SSSR count). The van der Waals surface area contributed by atoms with Crippen LogP contribution in [0.3, 0.4) is 0 Å². The van der Waals surface area contributed by atoms with Crippen LogP contribution in [0.5, 0.6) is 0 Å². The molecule has 0 saturated carbocycles. The second-order valence-electron chi connectivity index (χ2n) is 30.6. The second-order valence-corrected chi connectivity index (χ2v) is 33.5. The lowest BCUT2D eigenvalue weighted by atomic mass is 9.99. The summed E-state index contributed by atoms with van der Waals surface area (Å²) in [6.45, 7) is 14.2. The molecule has 100 heavy (non-hydrogen) atoms. The average molecular weight is 1470 g/mol. The SMILES string of the molecule is CCC(C)CCCCCCCCCCCCCCCCCCCCC(=O)O[C@H](COC(=O)CCCCCCCCCC(C)C)COP(=O)(O)OC[C@@H](O)COP(=O)(O)OC[C@@H](COC(=O)CCCCCCCCC(C)CC)OC(=O)CCCCCCCCCCCCCCCCCC(C)C. The van der Waals surface area contributed by atoms with Gasteiger partial charge in [0.25, 0.3) is 0 Å². The van der Waals surface area contributed by atoms with Crippen molar-refractivity contribution in [2.75, 3.05) is 39.6 Å². The van der Waals surface area contributed by atoms with Gasteiger partial charge in [0, 0.05) is 25.7 Å². The van der Waals surface area contributed by atoms with Crippen LogP contribution in [0, 0.1) is 23.7 Å². The van der Waals surface area contributed by atoms with Crippen molar-refractivity contribution in [2.24, 2.45) is 23.7 Å². The third kappa shape index (κ3) is 71.7. The summed E-state index contributed by atoms with van der Waals surface area (Å²) < 4.78 is 68.6. The minimum atomic E-state index is -4.96. The van der Waals surface area contributed by atoms with Crippen molar-refractivity contribution in [1.82, 2.24) is 0 Å². The molecule has 0 spiro atoms.